The van der Waals surface area contributed by atoms with E-state index in [1.165, 1.54) is 21.3 Å². The maximum Gasteiger partial charge on any atom is 0.248 e. The highest BCUT2D eigenvalue weighted by molar-refractivity contribution is 5.47. The molecule has 0 spiro atoms. The van der Waals surface area contributed by atoms with Crippen LogP contribution in [-0.4, -0.2) is 38.0 Å². The Balaban J connectivity index is 3.53. The first kappa shape index (κ1) is 16.9. The van der Waals surface area contributed by atoms with E-state index in [9.17, 15) is 5.11 Å². The molecule has 0 saturated heterocycles. The number of ether oxygens (including phenoxy) is 3. The zero-order valence-corrected chi connectivity index (χ0v) is 12.7. The Kier molecular flexibility index (Phi) is 5.48. The Morgan fingerprint density at radius 3 is 2.05 bits per heavy atom. The van der Waals surface area contributed by atoms with E-state index < -0.39 is 11.6 Å². The van der Waals surface area contributed by atoms with Gasteiger partial charge in [-0.25, -0.2) is 0 Å². The third-order valence-electron chi connectivity index (χ3n) is 3.80. The van der Waals surface area contributed by atoms with E-state index in [2.05, 4.69) is 13.2 Å². The van der Waals surface area contributed by atoms with Gasteiger partial charge in [0.15, 0.2) is 0 Å². The lowest BCUT2D eigenvalue weighted by Gasteiger charge is -2.46. The van der Waals surface area contributed by atoms with Crippen LogP contribution in [0.2, 0.25) is 0 Å². The molecular weight excluding hydrogens is 256 g/mol. The minimum absolute atomic E-state index is 0.626. The fraction of sp³-hybridized carbons (Fsp3) is 0.500. The minimum Gasteiger partial charge on any atom is -0.358 e. The molecule has 0 aromatic rings. The summed E-state index contributed by atoms with van der Waals surface area (Å²) in [6.45, 7) is 9.34. The molecule has 1 rings (SSSR count). The third-order valence-corrected chi connectivity index (χ3v) is 3.80. The quantitative estimate of drug-likeness (QED) is 0.575. The first-order chi connectivity index (χ1) is 9.46. The first-order valence-corrected chi connectivity index (χ1v) is 6.48. The second-order valence-corrected chi connectivity index (χ2v) is 4.68. The SMILES string of the molecule is C=CCC1=CC(OC)(OC)C(O)(OC)C(C)=C1CC=C. The number of aliphatic hydroxyl groups is 1. The molecule has 4 nitrogen and oxygen atoms in total. The number of hydrogen-bond donors (Lipinski definition) is 1. The van der Waals surface area contributed by atoms with Gasteiger partial charge >= 0.3 is 0 Å². The van der Waals surface area contributed by atoms with E-state index in [1.807, 2.05) is 6.92 Å². The molecule has 20 heavy (non-hydrogen) atoms. The van der Waals surface area contributed by atoms with Crippen molar-refractivity contribution in [1.82, 2.24) is 0 Å². The van der Waals surface area contributed by atoms with Crippen LogP contribution < -0.4 is 0 Å². The van der Waals surface area contributed by atoms with Crippen LogP contribution in [0.1, 0.15) is 19.8 Å². The zero-order valence-electron chi connectivity index (χ0n) is 12.7. The standard InChI is InChI=1S/C16H24O4/c1-7-9-13-11-15(18-4,19-5)16(17,20-6)12(3)14(13)10-8-2/h7-8,11,17H,1-2,9-10H2,3-6H3. The fourth-order valence-electron chi connectivity index (χ4n) is 2.66. The Labute approximate surface area is 121 Å². The van der Waals surface area contributed by atoms with Crippen molar-refractivity contribution in [1.29, 1.82) is 0 Å². The predicted octanol–water partition coefficient (Wildman–Crippen LogP) is 2.72. The molecule has 0 bridgehead atoms. The summed E-state index contributed by atoms with van der Waals surface area (Å²) in [6.07, 6.45) is 6.62. The van der Waals surface area contributed by atoms with Crippen LogP contribution >= 0.6 is 0 Å². The van der Waals surface area contributed by atoms with Crippen LogP contribution in [0.4, 0.5) is 0 Å². The molecule has 0 amide bonds. The largest absolute Gasteiger partial charge is 0.358 e. The summed E-state index contributed by atoms with van der Waals surface area (Å²) in [4.78, 5) is 0. The normalized spacial score (nSPS) is 25.4. The molecule has 1 atom stereocenters. The Hall–Kier alpha value is -1.20. The van der Waals surface area contributed by atoms with Crippen molar-refractivity contribution >= 4 is 0 Å². The Morgan fingerprint density at radius 2 is 1.65 bits per heavy atom. The second-order valence-electron chi connectivity index (χ2n) is 4.68. The highest BCUT2D eigenvalue weighted by atomic mass is 16.7. The highest BCUT2D eigenvalue weighted by Crippen LogP contribution is 2.44. The fourth-order valence-corrected chi connectivity index (χ4v) is 2.66. The lowest BCUT2D eigenvalue weighted by molar-refractivity contribution is -0.342. The zero-order chi connectivity index (χ0) is 15.4. The number of hydrogen-bond acceptors (Lipinski definition) is 4. The molecule has 0 saturated carbocycles. The van der Waals surface area contributed by atoms with Crippen molar-refractivity contribution in [3.63, 3.8) is 0 Å². The van der Waals surface area contributed by atoms with E-state index in [4.69, 9.17) is 14.2 Å². The molecule has 0 aromatic heterocycles. The molecule has 0 fully saturated rings. The molecule has 112 valence electrons. The van der Waals surface area contributed by atoms with Crippen LogP contribution in [0.15, 0.2) is 48.1 Å². The van der Waals surface area contributed by atoms with E-state index >= 15 is 0 Å². The average molecular weight is 280 g/mol. The van der Waals surface area contributed by atoms with E-state index in [1.54, 1.807) is 18.2 Å². The van der Waals surface area contributed by atoms with E-state index in [-0.39, 0.29) is 0 Å². The molecule has 1 N–H and O–H groups in total. The van der Waals surface area contributed by atoms with Gasteiger partial charge in [-0.15, -0.1) is 13.2 Å². The van der Waals surface area contributed by atoms with E-state index in [0.717, 1.165) is 11.1 Å². The van der Waals surface area contributed by atoms with Gasteiger partial charge in [-0.2, -0.15) is 0 Å². The van der Waals surface area contributed by atoms with Crippen LogP contribution in [0.5, 0.6) is 0 Å². The van der Waals surface area contributed by atoms with Crippen LogP contribution in [-0.2, 0) is 14.2 Å². The molecule has 4 heteroatoms. The summed E-state index contributed by atoms with van der Waals surface area (Å²) >= 11 is 0. The number of methoxy groups -OCH3 is 3. The van der Waals surface area contributed by atoms with Gasteiger partial charge in [0, 0.05) is 21.3 Å². The van der Waals surface area contributed by atoms with E-state index in [0.29, 0.717) is 18.4 Å². The van der Waals surface area contributed by atoms with Gasteiger partial charge in [-0.3, -0.25) is 0 Å². The Bertz CT molecular complexity index is 438. The third kappa shape index (κ3) is 2.40. The first-order valence-electron chi connectivity index (χ1n) is 6.48. The molecule has 1 unspecified atom stereocenters. The lowest BCUT2D eigenvalue weighted by atomic mass is 9.80. The second kappa shape index (κ2) is 6.50. The van der Waals surface area contributed by atoms with Gasteiger partial charge in [0.2, 0.25) is 11.6 Å². The summed E-state index contributed by atoms with van der Waals surface area (Å²) in [5.41, 5.74) is 2.61. The summed E-state index contributed by atoms with van der Waals surface area (Å²) in [5.74, 6) is -3.06. The monoisotopic (exact) mass is 280 g/mol. The van der Waals surface area contributed by atoms with Gasteiger partial charge in [-0.1, -0.05) is 12.2 Å². The smallest absolute Gasteiger partial charge is 0.248 e. The van der Waals surface area contributed by atoms with Crippen molar-refractivity contribution in [2.45, 2.75) is 31.3 Å². The molecule has 0 radical (unpaired) electrons. The average Bonchev–Trinajstić information content (AvgIpc) is 2.47. The molecule has 1 aliphatic carbocycles. The summed E-state index contributed by atoms with van der Waals surface area (Å²) in [7, 11) is 4.37. The summed E-state index contributed by atoms with van der Waals surface area (Å²) < 4.78 is 16.2. The van der Waals surface area contributed by atoms with Gasteiger partial charge in [0.1, 0.15) is 0 Å². The molecule has 0 aliphatic heterocycles. The van der Waals surface area contributed by atoms with Gasteiger partial charge < -0.3 is 19.3 Å². The van der Waals surface area contributed by atoms with Crippen LogP contribution in [0.3, 0.4) is 0 Å². The maximum absolute atomic E-state index is 10.9. The van der Waals surface area contributed by atoms with Crippen LogP contribution in [0, 0.1) is 0 Å². The predicted molar refractivity (Wildman–Crippen MR) is 79.1 cm³/mol. The molecule has 0 heterocycles. The molecular formula is C16H24O4. The summed E-state index contributed by atoms with van der Waals surface area (Å²) in [5, 5.41) is 10.9. The lowest BCUT2D eigenvalue weighted by Crippen LogP contribution is -2.59. The van der Waals surface area contributed by atoms with Gasteiger partial charge in [0.05, 0.1) is 0 Å². The van der Waals surface area contributed by atoms with Gasteiger partial charge in [-0.05, 0) is 42.6 Å². The topological polar surface area (TPSA) is 47.9 Å². The van der Waals surface area contributed by atoms with Crippen molar-refractivity contribution in [2.75, 3.05) is 21.3 Å². The Morgan fingerprint density at radius 1 is 1.10 bits per heavy atom. The number of allylic oxidation sites excluding steroid dienone is 4. The summed E-state index contributed by atoms with van der Waals surface area (Å²) in [6, 6.07) is 0. The van der Waals surface area contributed by atoms with Gasteiger partial charge in [0.25, 0.3) is 0 Å². The van der Waals surface area contributed by atoms with Crippen molar-refractivity contribution < 1.29 is 19.3 Å². The molecule has 1 aliphatic rings. The highest BCUT2D eigenvalue weighted by Gasteiger charge is 2.56. The van der Waals surface area contributed by atoms with Crippen molar-refractivity contribution in [3.05, 3.63) is 48.1 Å². The van der Waals surface area contributed by atoms with Crippen LogP contribution in [0.25, 0.3) is 0 Å². The van der Waals surface area contributed by atoms with Crippen molar-refractivity contribution in [2.24, 2.45) is 0 Å². The number of rotatable bonds is 7. The molecule has 0 aromatic carbocycles. The van der Waals surface area contributed by atoms with Crippen molar-refractivity contribution in [3.8, 4) is 0 Å². The maximum atomic E-state index is 10.9. The minimum atomic E-state index is -1.68.